The average molecular weight is 500 g/mol. The zero-order valence-corrected chi connectivity index (χ0v) is 23.2. The molecule has 0 aliphatic carbocycles. The van der Waals surface area contributed by atoms with Crippen LogP contribution in [0, 0.1) is 13.8 Å². The second-order valence-corrected chi connectivity index (χ2v) is 10.7. The standard InChI is InChI=1S/C31H41N5O/c1-21(2)26-14-10-15-27(22(3)4)29(26)34-31(37)36-17-11-16-35(18-19-36)30-28(23(5)32-24(6)33-30)20-25-12-8-7-9-13-25/h7-10,12-15,21-22H,11,16-20H2,1-6H3,(H,34,37). The van der Waals surface area contributed by atoms with Crippen molar-refractivity contribution in [3.05, 3.63) is 82.3 Å². The molecular formula is C31H41N5O. The van der Waals surface area contributed by atoms with Gasteiger partial charge >= 0.3 is 6.03 Å². The third-order valence-corrected chi connectivity index (χ3v) is 7.22. The van der Waals surface area contributed by atoms with Gasteiger partial charge in [-0.3, -0.25) is 0 Å². The monoisotopic (exact) mass is 499 g/mol. The molecule has 1 saturated heterocycles. The van der Waals surface area contributed by atoms with E-state index in [1.807, 2.05) is 17.9 Å². The molecule has 196 valence electrons. The van der Waals surface area contributed by atoms with Crippen molar-refractivity contribution in [1.29, 1.82) is 0 Å². The first-order valence-electron chi connectivity index (χ1n) is 13.6. The number of aryl methyl sites for hydroxylation is 2. The van der Waals surface area contributed by atoms with Gasteiger partial charge in [0.25, 0.3) is 0 Å². The van der Waals surface area contributed by atoms with Crippen molar-refractivity contribution >= 4 is 17.5 Å². The van der Waals surface area contributed by atoms with E-state index in [2.05, 4.69) is 92.3 Å². The summed E-state index contributed by atoms with van der Waals surface area (Å²) >= 11 is 0. The van der Waals surface area contributed by atoms with Crippen molar-refractivity contribution in [2.45, 2.75) is 66.2 Å². The van der Waals surface area contributed by atoms with E-state index in [9.17, 15) is 4.79 Å². The minimum Gasteiger partial charge on any atom is -0.354 e. The van der Waals surface area contributed by atoms with E-state index in [4.69, 9.17) is 4.98 Å². The van der Waals surface area contributed by atoms with E-state index in [-0.39, 0.29) is 6.03 Å². The van der Waals surface area contributed by atoms with Gasteiger partial charge in [0, 0.05) is 49.5 Å². The molecule has 6 heteroatoms. The van der Waals surface area contributed by atoms with E-state index >= 15 is 0 Å². The lowest BCUT2D eigenvalue weighted by molar-refractivity contribution is 0.215. The highest BCUT2D eigenvalue weighted by molar-refractivity contribution is 5.91. The highest BCUT2D eigenvalue weighted by atomic mass is 16.2. The summed E-state index contributed by atoms with van der Waals surface area (Å²) in [7, 11) is 0. The molecule has 0 spiro atoms. The predicted molar refractivity (Wildman–Crippen MR) is 153 cm³/mol. The number of carbonyl (C=O) groups is 1. The van der Waals surface area contributed by atoms with Gasteiger partial charge in [-0.05, 0) is 48.8 Å². The molecule has 4 rings (SSSR count). The fraction of sp³-hybridized carbons (Fsp3) is 0.452. The number of benzene rings is 2. The fourth-order valence-corrected chi connectivity index (χ4v) is 5.20. The average Bonchev–Trinajstić information content (AvgIpc) is 3.12. The summed E-state index contributed by atoms with van der Waals surface area (Å²) < 4.78 is 0. The Morgan fingerprint density at radius 1 is 0.865 bits per heavy atom. The van der Waals surface area contributed by atoms with E-state index < -0.39 is 0 Å². The maximum Gasteiger partial charge on any atom is 0.321 e. The van der Waals surface area contributed by atoms with Crippen molar-refractivity contribution in [2.24, 2.45) is 0 Å². The van der Waals surface area contributed by atoms with Gasteiger partial charge in [-0.2, -0.15) is 0 Å². The number of nitrogens with zero attached hydrogens (tertiary/aromatic N) is 4. The first-order valence-corrected chi connectivity index (χ1v) is 13.6. The second-order valence-electron chi connectivity index (χ2n) is 10.7. The molecule has 0 unspecified atom stereocenters. The molecule has 2 amide bonds. The zero-order valence-electron chi connectivity index (χ0n) is 23.2. The van der Waals surface area contributed by atoms with Gasteiger partial charge in [0.15, 0.2) is 0 Å². The van der Waals surface area contributed by atoms with Gasteiger partial charge in [0.05, 0.1) is 0 Å². The predicted octanol–water partition coefficient (Wildman–Crippen LogP) is 6.68. The van der Waals surface area contributed by atoms with Crippen LogP contribution in [0.4, 0.5) is 16.3 Å². The van der Waals surface area contributed by atoms with Crippen molar-refractivity contribution in [3.8, 4) is 0 Å². The minimum atomic E-state index is -0.0172. The Labute approximate surface area is 222 Å². The smallest absolute Gasteiger partial charge is 0.321 e. The molecule has 2 aromatic carbocycles. The molecule has 2 heterocycles. The Balaban J connectivity index is 1.53. The van der Waals surface area contributed by atoms with Gasteiger partial charge in [-0.15, -0.1) is 0 Å². The first-order chi connectivity index (χ1) is 17.7. The third kappa shape index (κ3) is 6.30. The van der Waals surface area contributed by atoms with E-state index in [1.54, 1.807) is 0 Å². The van der Waals surface area contributed by atoms with Gasteiger partial charge in [-0.1, -0.05) is 76.2 Å². The van der Waals surface area contributed by atoms with Crippen LogP contribution < -0.4 is 10.2 Å². The number of hydrogen-bond donors (Lipinski definition) is 1. The van der Waals surface area contributed by atoms with Crippen LogP contribution in [0.2, 0.25) is 0 Å². The highest BCUT2D eigenvalue weighted by Gasteiger charge is 2.24. The maximum absolute atomic E-state index is 13.5. The molecule has 1 fully saturated rings. The van der Waals surface area contributed by atoms with Gasteiger partial charge in [-0.25, -0.2) is 14.8 Å². The van der Waals surface area contributed by atoms with Crippen LogP contribution in [0.3, 0.4) is 0 Å². The van der Waals surface area contributed by atoms with Crippen molar-refractivity contribution in [3.63, 3.8) is 0 Å². The van der Waals surface area contributed by atoms with Gasteiger partial charge in [0.2, 0.25) is 0 Å². The lowest BCUT2D eigenvalue weighted by Gasteiger charge is -2.27. The van der Waals surface area contributed by atoms with E-state index in [0.29, 0.717) is 18.4 Å². The number of para-hydroxylation sites is 1. The van der Waals surface area contributed by atoms with Crippen molar-refractivity contribution in [2.75, 3.05) is 36.4 Å². The number of urea groups is 1. The molecule has 0 atom stereocenters. The molecule has 3 aromatic rings. The quantitative estimate of drug-likeness (QED) is 0.411. The molecule has 1 aliphatic rings. The Kier molecular flexibility index (Phi) is 8.47. The maximum atomic E-state index is 13.5. The Morgan fingerprint density at radius 2 is 1.54 bits per heavy atom. The summed E-state index contributed by atoms with van der Waals surface area (Å²) in [5.74, 6) is 2.46. The number of hydrogen-bond acceptors (Lipinski definition) is 4. The second kappa shape index (κ2) is 11.8. The summed E-state index contributed by atoms with van der Waals surface area (Å²) in [6.07, 6.45) is 1.69. The lowest BCUT2D eigenvalue weighted by Crippen LogP contribution is -2.38. The lowest BCUT2D eigenvalue weighted by atomic mass is 9.93. The van der Waals surface area contributed by atoms with Crippen LogP contribution in [0.5, 0.6) is 0 Å². The summed E-state index contributed by atoms with van der Waals surface area (Å²) in [5.41, 5.74) is 6.80. The largest absolute Gasteiger partial charge is 0.354 e. The number of aromatic nitrogens is 2. The highest BCUT2D eigenvalue weighted by Crippen LogP contribution is 2.33. The topological polar surface area (TPSA) is 61.4 Å². The van der Waals surface area contributed by atoms with Crippen LogP contribution in [0.25, 0.3) is 0 Å². The van der Waals surface area contributed by atoms with E-state index in [1.165, 1.54) is 22.3 Å². The summed E-state index contributed by atoms with van der Waals surface area (Å²) in [6, 6.07) is 16.8. The molecule has 6 nitrogen and oxygen atoms in total. The summed E-state index contributed by atoms with van der Waals surface area (Å²) in [6.45, 7) is 15.7. The molecular weight excluding hydrogens is 458 g/mol. The number of anilines is 2. The summed E-state index contributed by atoms with van der Waals surface area (Å²) in [4.78, 5) is 27.4. The van der Waals surface area contributed by atoms with Crippen LogP contribution in [0.15, 0.2) is 48.5 Å². The van der Waals surface area contributed by atoms with Crippen LogP contribution >= 0.6 is 0 Å². The number of amides is 2. The van der Waals surface area contributed by atoms with Crippen LogP contribution in [-0.4, -0.2) is 47.1 Å². The Bertz CT molecular complexity index is 1200. The van der Waals surface area contributed by atoms with Crippen LogP contribution in [-0.2, 0) is 6.42 Å². The molecule has 0 radical (unpaired) electrons. The summed E-state index contributed by atoms with van der Waals surface area (Å²) in [5, 5.41) is 3.30. The molecule has 0 bridgehead atoms. The third-order valence-electron chi connectivity index (χ3n) is 7.22. The Morgan fingerprint density at radius 3 is 2.19 bits per heavy atom. The Hall–Kier alpha value is -3.41. The SMILES string of the molecule is Cc1nc(C)c(Cc2ccccc2)c(N2CCCN(C(=O)Nc3c(C(C)C)cccc3C(C)C)CC2)n1. The number of nitrogens with one attached hydrogen (secondary N) is 1. The van der Waals surface area contributed by atoms with Crippen molar-refractivity contribution in [1.82, 2.24) is 14.9 Å². The minimum absolute atomic E-state index is 0.0172. The fourth-order valence-electron chi connectivity index (χ4n) is 5.20. The number of rotatable bonds is 6. The molecule has 0 saturated carbocycles. The normalized spacial score (nSPS) is 14.3. The molecule has 1 aromatic heterocycles. The molecule has 37 heavy (non-hydrogen) atoms. The molecule has 1 aliphatic heterocycles. The zero-order chi connectivity index (χ0) is 26.5. The van der Waals surface area contributed by atoms with Gasteiger partial charge < -0.3 is 15.1 Å². The molecule has 1 N–H and O–H groups in total. The van der Waals surface area contributed by atoms with Gasteiger partial charge in [0.1, 0.15) is 11.6 Å². The first kappa shape index (κ1) is 26.6. The van der Waals surface area contributed by atoms with E-state index in [0.717, 1.165) is 55.5 Å². The van der Waals surface area contributed by atoms with Crippen LogP contribution in [0.1, 0.15) is 79.7 Å². The van der Waals surface area contributed by atoms with Crippen molar-refractivity contribution < 1.29 is 4.79 Å². The number of carbonyl (C=O) groups excluding carboxylic acids is 1.